The molecule has 0 aliphatic carbocycles. The van der Waals surface area contributed by atoms with Crippen LogP contribution in [0, 0.1) is 0 Å². The number of hydrogen-bond donors (Lipinski definition) is 0. The molecule has 0 saturated carbocycles. The van der Waals surface area contributed by atoms with Gasteiger partial charge >= 0.3 is 0 Å². The molecule has 1 fully saturated rings. The van der Waals surface area contributed by atoms with Crippen LogP contribution in [0.5, 0.6) is 0 Å². The second-order valence-corrected chi connectivity index (χ2v) is 6.70. The van der Waals surface area contributed by atoms with Gasteiger partial charge in [-0.25, -0.2) is 4.98 Å². The fourth-order valence-corrected chi connectivity index (χ4v) is 3.70. The molecule has 0 spiro atoms. The molecule has 2 aromatic rings. The molecule has 134 valence electrons. The molecule has 4 nitrogen and oxygen atoms in total. The molecular weight excluding hydrogens is 308 g/mol. The lowest BCUT2D eigenvalue weighted by Crippen LogP contribution is -2.40. The van der Waals surface area contributed by atoms with E-state index in [1.807, 2.05) is 0 Å². The summed E-state index contributed by atoms with van der Waals surface area (Å²) in [5.41, 5.74) is 2.18. The van der Waals surface area contributed by atoms with Gasteiger partial charge in [0.2, 0.25) is 5.95 Å². The van der Waals surface area contributed by atoms with Gasteiger partial charge in [-0.2, -0.15) is 4.98 Å². The lowest BCUT2D eigenvalue weighted by atomic mass is 10.00. The summed E-state index contributed by atoms with van der Waals surface area (Å²) in [6.07, 6.45) is 5.02. The Balaban J connectivity index is 2.06. The number of aromatic nitrogens is 2. The van der Waals surface area contributed by atoms with Crippen molar-refractivity contribution < 1.29 is 0 Å². The van der Waals surface area contributed by atoms with E-state index in [2.05, 4.69) is 67.0 Å². The summed E-state index contributed by atoms with van der Waals surface area (Å²) in [4.78, 5) is 14.6. The minimum Gasteiger partial charge on any atom is -0.353 e. The zero-order valence-electron chi connectivity index (χ0n) is 15.8. The zero-order valence-corrected chi connectivity index (χ0v) is 15.8. The lowest BCUT2D eigenvalue weighted by Gasteiger charge is -2.36. The molecule has 0 bridgehead atoms. The number of piperidine rings is 1. The summed E-state index contributed by atoms with van der Waals surface area (Å²) in [6, 6.07) is 13.2. The van der Waals surface area contributed by atoms with Gasteiger partial charge in [-0.3, -0.25) is 0 Å². The molecule has 1 unspecified atom stereocenters. The van der Waals surface area contributed by atoms with Crippen molar-refractivity contribution in [3.8, 4) is 11.3 Å². The molecule has 1 aromatic heterocycles. The third-order valence-corrected chi connectivity index (χ3v) is 5.21. The van der Waals surface area contributed by atoms with Crippen molar-refractivity contribution in [3.63, 3.8) is 0 Å². The highest BCUT2D eigenvalue weighted by Gasteiger charge is 2.24. The van der Waals surface area contributed by atoms with Gasteiger partial charge in [0.25, 0.3) is 0 Å². The molecule has 4 heteroatoms. The third kappa shape index (κ3) is 3.94. The third-order valence-electron chi connectivity index (χ3n) is 5.21. The first-order valence-corrected chi connectivity index (χ1v) is 9.72. The maximum atomic E-state index is 4.96. The van der Waals surface area contributed by atoms with Crippen molar-refractivity contribution in [1.82, 2.24) is 9.97 Å². The Hall–Kier alpha value is -2.10. The van der Waals surface area contributed by atoms with Gasteiger partial charge in [0.05, 0.1) is 5.69 Å². The minimum atomic E-state index is 0.594. The summed E-state index contributed by atoms with van der Waals surface area (Å²) in [5.74, 6) is 1.93. The van der Waals surface area contributed by atoms with E-state index < -0.39 is 0 Å². The SMILES string of the molecule is CCC1CCCCN1c1cc(-c2ccccc2)nc(N(CC)CC)n1. The summed E-state index contributed by atoms with van der Waals surface area (Å²) in [6.45, 7) is 9.56. The molecule has 1 aliphatic heterocycles. The molecule has 3 rings (SSSR count). The molecule has 1 atom stereocenters. The quantitative estimate of drug-likeness (QED) is 0.760. The molecule has 1 aromatic carbocycles. The van der Waals surface area contributed by atoms with Crippen LogP contribution < -0.4 is 9.80 Å². The first kappa shape index (κ1) is 17.7. The Morgan fingerprint density at radius 3 is 2.48 bits per heavy atom. The predicted molar refractivity (Wildman–Crippen MR) is 106 cm³/mol. The largest absolute Gasteiger partial charge is 0.353 e. The first-order valence-electron chi connectivity index (χ1n) is 9.72. The molecule has 1 saturated heterocycles. The van der Waals surface area contributed by atoms with E-state index in [0.29, 0.717) is 6.04 Å². The highest BCUT2D eigenvalue weighted by atomic mass is 15.3. The monoisotopic (exact) mass is 338 g/mol. The van der Waals surface area contributed by atoms with Gasteiger partial charge in [-0.1, -0.05) is 37.3 Å². The zero-order chi connectivity index (χ0) is 17.6. The first-order chi connectivity index (χ1) is 12.3. The van der Waals surface area contributed by atoms with Crippen molar-refractivity contribution in [3.05, 3.63) is 36.4 Å². The van der Waals surface area contributed by atoms with Gasteiger partial charge < -0.3 is 9.80 Å². The van der Waals surface area contributed by atoms with Gasteiger partial charge in [0.1, 0.15) is 5.82 Å². The van der Waals surface area contributed by atoms with E-state index >= 15 is 0 Å². The van der Waals surface area contributed by atoms with Crippen LogP contribution in [0.15, 0.2) is 36.4 Å². The van der Waals surface area contributed by atoms with E-state index in [0.717, 1.165) is 42.7 Å². The number of anilines is 2. The average Bonchev–Trinajstić information content (AvgIpc) is 2.69. The van der Waals surface area contributed by atoms with E-state index in [4.69, 9.17) is 9.97 Å². The predicted octanol–water partition coefficient (Wildman–Crippen LogP) is 4.76. The molecule has 25 heavy (non-hydrogen) atoms. The summed E-state index contributed by atoms with van der Waals surface area (Å²) >= 11 is 0. The van der Waals surface area contributed by atoms with Crippen LogP contribution in [0.3, 0.4) is 0 Å². The Morgan fingerprint density at radius 1 is 1.04 bits per heavy atom. The Bertz CT molecular complexity index is 667. The Kier molecular flexibility index (Phi) is 5.90. The van der Waals surface area contributed by atoms with Gasteiger partial charge in [-0.15, -0.1) is 0 Å². The standard InChI is InChI=1S/C21H30N4/c1-4-18-14-10-11-15-25(18)20-16-19(17-12-8-7-9-13-17)22-21(23-20)24(5-2)6-3/h7-9,12-13,16,18H,4-6,10-11,14-15H2,1-3H3. The number of nitrogens with zero attached hydrogens (tertiary/aromatic N) is 4. The van der Waals surface area contributed by atoms with Crippen molar-refractivity contribution in [2.24, 2.45) is 0 Å². The molecular formula is C21H30N4. The Labute approximate surface area is 151 Å². The summed E-state index contributed by atoms with van der Waals surface area (Å²) < 4.78 is 0. The highest BCUT2D eigenvalue weighted by molar-refractivity contribution is 5.65. The summed E-state index contributed by atoms with van der Waals surface area (Å²) in [5, 5.41) is 0. The Morgan fingerprint density at radius 2 is 1.80 bits per heavy atom. The van der Waals surface area contributed by atoms with Crippen LogP contribution >= 0.6 is 0 Å². The van der Waals surface area contributed by atoms with E-state index in [1.54, 1.807) is 0 Å². The lowest BCUT2D eigenvalue weighted by molar-refractivity contribution is 0.446. The fraction of sp³-hybridized carbons (Fsp3) is 0.524. The molecule has 2 heterocycles. The van der Waals surface area contributed by atoms with E-state index in [1.165, 1.54) is 25.7 Å². The van der Waals surface area contributed by atoms with Crippen LogP contribution in [0.2, 0.25) is 0 Å². The average molecular weight is 338 g/mol. The number of hydrogen-bond acceptors (Lipinski definition) is 4. The van der Waals surface area contributed by atoms with Crippen molar-refractivity contribution >= 4 is 11.8 Å². The van der Waals surface area contributed by atoms with Crippen molar-refractivity contribution in [2.45, 2.75) is 52.5 Å². The second kappa shape index (κ2) is 8.32. The van der Waals surface area contributed by atoms with E-state index in [-0.39, 0.29) is 0 Å². The highest BCUT2D eigenvalue weighted by Crippen LogP contribution is 2.30. The van der Waals surface area contributed by atoms with Crippen molar-refractivity contribution in [1.29, 1.82) is 0 Å². The normalized spacial score (nSPS) is 17.6. The number of rotatable bonds is 6. The molecule has 0 N–H and O–H groups in total. The van der Waals surface area contributed by atoms with Gasteiger partial charge in [0, 0.05) is 37.3 Å². The smallest absolute Gasteiger partial charge is 0.227 e. The van der Waals surface area contributed by atoms with Crippen LogP contribution in [-0.4, -0.2) is 35.6 Å². The van der Waals surface area contributed by atoms with Crippen LogP contribution in [-0.2, 0) is 0 Å². The van der Waals surface area contributed by atoms with Crippen LogP contribution in [0.1, 0.15) is 46.5 Å². The molecule has 1 aliphatic rings. The van der Waals surface area contributed by atoms with Gasteiger partial charge in [0.15, 0.2) is 0 Å². The molecule has 0 amide bonds. The van der Waals surface area contributed by atoms with Crippen molar-refractivity contribution in [2.75, 3.05) is 29.4 Å². The maximum Gasteiger partial charge on any atom is 0.227 e. The minimum absolute atomic E-state index is 0.594. The maximum absolute atomic E-state index is 4.96. The topological polar surface area (TPSA) is 32.3 Å². The second-order valence-electron chi connectivity index (χ2n) is 6.70. The summed E-state index contributed by atoms with van der Waals surface area (Å²) in [7, 11) is 0. The fourth-order valence-electron chi connectivity index (χ4n) is 3.70. The van der Waals surface area contributed by atoms with E-state index in [9.17, 15) is 0 Å². The van der Waals surface area contributed by atoms with Gasteiger partial charge in [-0.05, 0) is 39.5 Å². The number of benzene rings is 1. The van der Waals surface area contributed by atoms with Crippen LogP contribution in [0.25, 0.3) is 11.3 Å². The van der Waals surface area contributed by atoms with Crippen LogP contribution in [0.4, 0.5) is 11.8 Å². The molecule has 0 radical (unpaired) electrons.